The fraction of sp³-hybridized carbons (Fsp3) is 0.391. The van der Waals surface area contributed by atoms with Gasteiger partial charge in [0.1, 0.15) is 13.2 Å². The van der Waals surface area contributed by atoms with Crippen molar-refractivity contribution in [2.75, 3.05) is 40.4 Å². The predicted octanol–water partition coefficient (Wildman–Crippen LogP) is 3.08. The monoisotopic (exact) mass is 538 g/mol. The van der Waals surface area contributed by atoms with Crippen LogP contribution in [0.5, 0.6) is 11.5 Å². The van der Waals surface area contributed by atoms with Gasteiger partial charge in [-0.2, -0.15) is 0 Å². The van der Waals surface area contributed by atoms with Gasteiger partial charge in [-0.1, -0.05) is 18.2 Å². The molecule has 7 nitrogen and oxygen atoms in total. The Morgan fingerprint density at radius 3 is 2.61 bits per heavy atom. The van der Waals surface area contributed by atoms with Crippen LogP contribution < -0.4 is 20.1 Å². The third kappa shape index (κ3) is 7.02. The van der Waals surface area contributed by atoms with Crippen LogP contribution in [0.3, 0.4) is 0 Å². The Bertz CT molecular complexity index is 904. The number of benzene rings is 2. The first-order valence-electron chi connectivity index (χ1n) is 10.3. The minimum atomic E-state index is -0.0761. The molecule has 0 fully saturated rings. The molecule has 0 bridgehead atoms. The topological polar surface area (TPSA) is 75.2 Å². The summed E-state index contributed by atoms with van der Waals surface area (Å²) in [7, 11) is 3.66. The number of rotatable bonds is 7. The number of nitrogens with zero attached hydrogens (tertiary/aromatic N) is 2. The molecule has 0 radical (unpaired) electrons. The lowest BCUT2D eigenvalue weighted by Crippen LogP contribution is -2.38. The van der Waals surface area contributed by atoms with E-state index in [4.69, 9.17) is 14.5 Å². The Morgan fingerprint density at radius 1 is 1.10 bits per heavy atom. The summed E-state index contributed by atoms with van der Waals surface area (Å²) in [4.78, 5) is 18.7. The Hall–Kier alpha value is -2.49. The number of halogens is 1. The molecule has 31 heavy (non-hydrogen) atoms. The van der Waals surface area contributed by atoms with Crippen LogP contribution in [0.4, 0.5) is 0 Å². The predicted molar refractivity (Wildman–Crippen MR) is 134 cm³/mol. The summed E-state index contributed by atoms with van der Waals surface area (Å²) in [6.07, 6.45) is 0.762. The van der Waals surface area contributed by atoms with Crippen LogP contribution in [-0.2, 0) is 13.0 Å². The number of amides is 1. The molecule has 0 spiro atoms. The number of hydrogen-bond donors (Lipinski definition) is 2. The largest absolute Gasteiger partial charge is 0.486 e. The first-order chi connectivity index (χ1) is 14.6. The Labute approximate surface area is 201 Å². The van der Waals surface area contributed by atoms with Crippen molar-refractivity contribution in [3.05, 3.63) is 59.2 Å². The normalized spacial score (nSPS) is 12.5. The maximum absolute atomic E-state index is 11.8. The van der Waals surface area contributed by atoms with Crippen LogP contribution in [0.2, 0.25) is 0 Å². The second-order valence-corrected chi connectivity index (χ2v) is 7.10. The summed E-state index contributed by atoms with van der Waals surface area (Å²) in [6, 6.07) is 13.7. The van der Waals surface area contributed by atoms with Crippen LogP contribution in [0.15, 0.2) is 47.5 Å². The van der Waals surface area contributed by atoms with E-state index >= 15 is 0 Å². The average molecular weight is 538 g/mol. The van der Waals surface area contributed by atoms with Crippen molar-refractivity contribution in [3.8, 4) is 11.5 Å². The van der Waals surface area contributed by atoms with Crippen molar-refractivity contribution in [1.29, 1.82) is 0 Å². The van der Waals surface area contributed by atoms with Crippen molar-refractivity contribution >= 4 is 35.8 Å². The lowest BCUT2D eigenvalue weighted by atomic mass is 10.1. The molecule has 0 saturated heterocycles. The van der Waals surface area contributed by atoms with Crippen molar-refractivity contribution in [1.82, 2.24) is 15.5 Å². The van der Waals surface area contributed by atoms with E-state index in [1.54, 1.807) is 7.05 Å². The Morgan fingerprint density at radius 2 is 1.87 bits per heavy atom. The van der Waals surface area contributed by atoms with Gasteiger partial charge in [0, 0.05) is 39.3 Å². The van der Waals surface area contributed by atoms with Crippen LogP contribution >= 0.6 is 24.0 Å². The summed E-state index contributed by atoms with van der Waals surface area (Å²) in [6.45, 7) is 5.35. The minimum Gasteiger partial charge on any atom is -0.486 e. The number of carbonyl (C=O) groups excluding carboxylic acids is 1. The van der Waals surface area contributed by atoms with E-state index in [0.717, 1.165) is 41.6 Å². The maximum Gasteiger partial charge on any atom is 0.251 e. The number of hydrogen-bond acceptors (Lipinski definition) is 4. The van der Waals surface area contributed by atoms with Gasteiger partial charge in [0.2, 0.25) is 0 Å². The lowest BCUT2D eigenvalue weighted by molar-refractivity contribution is 0.0963. The zero-order valence-corrected chi connectivity index (χ0v) is 20.6. The molecule has 1 amide bonds. The summed E-state index contributed by atoms with van der Waals surface area (Å²) in [5, 5.41) is 6.00. The molecule has 2 N–H and O–H groups in total. The molecule has 1 aliphatic heterocycles. The van der Waals surface area contributed by atoms with E-state index in [1.165, 1.54) is 0 Å². The van der Waals surface area contributed by atoms with Crippen molar-refractivity contribution < 1.29 is 14.3 Å². The Balaban J connectivity index is 0.00000341. The van der Waals surface area contributed by atoms with Crippen molar-refractivity contribution in [2.24, 2.45) is 4.99 Å². The number of ether oxygens (including phenoxy) is 2. The summed E-state index contributed by atoms with van der Waals surface area (Å²) < 4.78 is 11.3. The van der Waals surface area contributed by atoms with E-state index in [9.17, 15) is 4.79 Å². The first-order valence-corrected chi connectivity index (χ1v) is 10.3. The van der Waals surface area contributed by atoms with Crippen LogP contribution in [0.25, 0.3) is 0 Å². The highest BCUT2D eigenvalue weighted by Gasteiger charge is 2.13. The molecule has 0 atom stereocenters. The number of carbonyl (C=O) groups is 1. The molecule has 0 saturated carbocycles. The molecule has 2 aromatic rings. The average Bonchev–Trinajstić information content (AvgIpc) is 2.78. The lowest BCUT2D eigenvalue weighted by Gasteiger charge is -2.24. The standard InChI is InChI=1S/C23H30N4O3.HI/c1-4-25-23(26-11-10-17-6-5-7-19(14-17)22(28)24-2)27(3)16-18-8-9-20-21(15-18)30-13-12-29-20;/h5-9,14-15H,4,10-13,16H2,1-3H3,(H,24,28)(H,25,26);1H. The molecule has 0 unspecified atom stereocenters. The highest BCUT2D eigenvalue weighted by molar-refractivity contribution is 14.0. The van der Waals surface area contributed by atoms with Gasteiger partial charge in [-0.15, -0.1) is 24.0 Å². The zero-order chi connectivity index (χ0) is 21.3. The zero-order valence-electron chi connectivity index (χ0n) is 18.3. The third-order valence-electron chi connectivity index (χ3n) is 4.80. The molecule has 0 aromatic heterocycles. The number of aliphatic imine (C=N–C) groups is 1. The minimum absolute atomic E-state index is 0. The van der Waals surface area contributed by atoms with Gasteiger partial charge < -0.3 is 25.0 Å². The van der Waals surface area contributed by atoms with Gasteiger partial charge in [0.25, 0.3) is 5.91 Å². The highest BCUT2D eigenvalue weighted by Crippen LogP contribution is 2.31. The molecule has 1 heterocycles. The number of fused-ring (bicyclic) bond motifs is 1. The number of nitrogens with one attached hydrogen (secondary N) is 2. The fourth-order valence-corrected chi connectivity index (χ4v) is 3.31. The van der Waals surface area contributed by atoms with E-state index in [2.05, 4.69) is 28.5 Å². The van der Waals surface area contributed by atoms with Crippen LogP contribution in [-0.4, -0.2) is 57.2 Å². The maximum atomic E-state index is 11.8. The van der Waals surface area contributed by atoms with Gasteiger partial charge in [0.05, 0.1) is 0 Å². The summed E-state index contributed by atoms with van der Waals surface area (Å²) in [5.41, 5.74) is 2.89. The molecule has 168 valence electrons. The Kier molecular flexibility index (Phi) is 9.90. The summed E-state index contributed by atoms with van der Waals surface area (Å²) >= 11 is 0. The second kappa shape index (κ2) is 12.4. The van der Waals surface area contributed by atoms with Crippen molar-refractivity contribution in [2.45, 2.75) is 19.9 Å². The van der Waals surface area contributed by atoms with Crippen LogP contribution in [0.1, 0.15) is 28.4 Å². The molecule has 0 aliphatic carbocycles. The summed E-state index contributed by atoms with van der Waals surface area (Å²) in [5.74, 6) is 2.36. The number of guanidine groups is 1. The van der Waals surface area contributed by atoms with Gasteiger partial charge >= 0.3 is 0 Å². The smallest absolute Gasteiger partial charge is 0.251 e. The quantitative estimate of drug-likeness (QED) is 0.322. The molecular weight excluding hydrogens is 507 g/mol. The van der Waals surface area contributed by atoms with Gasteiger partial charge in [-0.25, -0.2) is 0 Å². The molecule has 8 heteroatoms. The first kappa shape index (κ1) is 24.8. The third-order valence-corrected chi connectivity index (χ3v) is 4.80. The second-order valence-electron chi connectivity index (χ2n) is 7.10. The molecule has 2 aromatic carbocycles. The van der Waals surface area contributed by atoms with Gasteiger partial charge in [0.15, 0.2) is 17.5 Å². The van der Waals surface area contributed by atoms with E-state index in [-0.39, 0.29) is 29.9 Å². The van der Waals surface area contributed by atoms with Crippen molar-refractivity contribution in [3.63, 3.8) is 0 Å². The molecule has 1 aliphatic rings. The van der Waals surface area contributed by atoms with Gasteiger partial charge in [-0.3, -0.25) is 9.79 Å². The van der Waals surface area contributed by atoms with E-state index in [1.807, 2.05) is 43.4 Å². The van der Waals surface area contributed by atoms with E-state index in [0.29, 0.717) is 31.9 Å². The molecular formula is C23H31IN4O3. The highest BCUT2D eigenvalue weighted by atomic mass is 127. The van der Waals surface area contributed by atoms with Crippen LogP contribution in [0, 0.1) is 0 Å². The SMILES string of the molecule is CCNC(=NCCc1cccc(C(=O)NC)c1)N(C)Cc1ccc2c(c1)OCCO2.I. The molecule has 3 rings (SSSR count). The fourth-order valence-electron chi connectivity index (χ4n) is 3.31. The van der Waals surface area contributed by atoms with Gasteiger partial charge in [-0.05, 0) is 48.7 Å². The van der Waals surface area contributed by atoms with E-state index < -0.39 is 0 Å².